The summed E-state index contributed by atoms with van der Waals surface area (Å²) in [7, 11) is 1.79. The number of ether oxygens (including phenoxy) is 1. The molecular formula is C20H26N4O2S. The minimum Gasteiger partial charge on any atom is -0.378 e. The van der Waals surface area contributed by atoms with Crippen LogP contribution in [0.4, 0.5) is 0 Å². The van der Waals surface area contributed by atoms with E-state index in [1.807, 2.05) is 31.1 Å². The Morgan fingerprint density at radius 3 is 2.52 bits per heavy atom. The topological polar surface area (TPSA) is 58.6 Å². The van der Waals surface area contributed by atoms with Gasteiger partial charge in [0.1, 0.15) is 4.88 Å². The molecule has 1 amide bonds. The minimum absolute atomic E-state index is 0.139. The van der Waals surface area contributed by atoms with Gasteiger partial charge in [-0.1, -0.05) is 0 Å². The molecule has 0 saturated carbocycles. The van der Waals surface area contributed by atoms with E-state index in [9.17, 15) is 4.79 Å². The van der Waals surface area contributed by atoms with Crippen LogP contribution in [0.3, 0.4) is 0 Å². The molecule has 4 rings (SSSR count). The average molecular weight is 387 g/mol. The third-order valence-electron chi connectivity index (χ3n) is 5.77. The van der Waals surface area contributed by atoms with Crippen LogP contribution in [0.15, 0.2) is 24.5 Å². The number of carbonyl (C=O) groups is 1. The third kappa shape index (κ3) is 3.51. The summed E-state index contributed by atoms with van der Waals surface area (Å²) in [6.45, 7) is 6.44. The van der Waals surface area contributed by atoms with Crippen LogP contribution < -0.4 is 0 Å². The van der Waals surface area contributed by atoms with Crippen LogP contribution in [0.25, 0.3) is 0 Å². The highest BCUT2D eigenvalue weighted by Crippen LogP contribution is 2.39. The van der Waals surface area contributed by atoms with Gasteiger partial charge in [-0.3, -0.25) is 14.7 Å². The fourth-order valence-corrected chi connectivity index (χ4v) is 5.20. The zero-order chi connectivity index (χ0) is 19.0. The molecule has 2 atom stereocenters. The number of hydrogen-bond acceptors (Lipinski definition) is 6. The molecule has 2 fully saturated rings. The monoisotopic (exact) mass is 386 g/mol. The zero-order valence-electron chi connectivity index (χ0n) is 16.1. The number of carbonyl (C=O) groups excluding carboxylic acids is 1. The van der Waals surface area contributed by atoms with E-state index in [-0.39, 0.29) is 18.1 Å². The second-order valence-electron chi connectivity index (χ2n) is 7.37. The van der Waals surface area contributed by atoms with Gasteiger partial charge in [0.25, 0.3) is 5.91 Å². The van der Waals surface area contributed by atoms with Gasteiger partial charge in [0.2, 0.25) is 0 Å². The maximum atomic E-state index is 12.8. The molecule has 0 aromatic carbocycles. The Balaban J connectivity index is 1.40. The number of piperidine rings is 1. The predicted molar refractivity (Wildman–Crippen MR) is 105 cm³/mol. The molecule has 2 saturated heterocycles. The average Bonchev–Trinajstić information content (AvgIpc) is 3.00. The maximum Gasteiger partial charge on any atom is 0.265 e. The molecule has 2 aliphatic heterocycles. The Morgan fingerprint density at radius 1 is 1.22 bits per heavy atom. The van der Waals surface area contributed by atoms with E-state index in [1.165, 1.54) is 16.9 Å². The molecule has 27 heavy (non-hydrogen) atoms. The fourth-order valence-electron chi connectivity index (χ4n) is 4.32. The number of amides is 1. The standard InChI is InChI=1S/C20H26N4O2S/c1-13-19(27-14(2)22-13)20(25)23-10-6-16(7-11-23)24-12-17(26-3)18(24)15-4-8-21-9-5-15/h4-5,8-9,16-18H,6-7,10-12H2,1-3H3/t17-,18-/m0/s1. The van der Waals surface area contributed by atoms with Gasteiger partial charge in [-0.05, 0) is 44.4 Å². The lowest BCUT2D eigenvalue weighted by Crippen LogP contribution is -2.60. The van der Waals surface area contributed by atoms with Gasteiger partial charge in [0, 0.05) is 45.2 Å². The van der Waals surface area contributed by atoms with Crippen LogP contribution in [-0.2, 0) is 4.74 Å². The maximum absolute atomic E-state index is 12.8. The van der Waals surface area contributed by atoms with E-state index in [1.54, 1.807) is 7.11 Å². The van der Waals surface area contributed by atoms with Crippen molar-refractivity contribution in [2.45, 2.75) is 44.9 Å². The normalized spacial score (nSPS) is 24.0. The van der Waals surface area contributed by atoms with Crippen LogP contribution in [0.2, 0.25) is 0 Å². The molecule has 0 aliphatic carbocycles. The van der Waals surface area contributed by atoms with Gasteiger partial charge in [0.15, 0.2) is 0 Å². The van der Waals surface area contributed by atoms with Crippen LogP contribution in [0.1, 0.15) is 44.8 Å². The summed E-state index contributed by atoms with van der Waals surface area (Å²) in [6.07, 6.45) is 5.93. The number of likely N-dealkylation sites (tertiary alicyclic amines) is 2. The van der Waals surface area contributed by atoms with Crippen molar-refractivity contribution in [2.75, 3.05) is 26.7 Å². The van der Waals surface area contributed by atoms with Crippen molar-refractivity contribution in [3.8, 4) is 0 Å². The number of aryl methyl sites for hydroxylation is 2. The van der Waals surface area contributed by atoms with Gasteiger partial charge in [-0.25, -0.2) is 4.98 Å². The smallest absolute Gasteiger partial charge is 0.265 e. The molecule has 0 radical (unpaired) electrons. The number of methoxy groups -OCH3 is 1. The van der Waals surface area contributed by atoms with E-state index in [0.717, 1.165) is 48.1 Å². The molecule has 2 aliphatic rings. The van der Waals surface area contributed by atoms with Crippen molar-refractivity contribution in [3.05, 3.63) is 45.7 Å². The fraction of sp³-hybridized carbons (Fsp3) is 0.550. The van der Waals surface area contributed by atoms with E-state index in [0.29, 0.717) is 6.04 Å². The van der Waals surface area contributed by atoms with Crippen LogP contribution in [0, 0.1) is 13.8 Å². The van der Waals surface area contributed by atoms with Gasteiger partial charge < -0.3 is 9.64 Å². The van der Waals surface area contributed by atoms with E-state index < -0.39 is 0 Å². The van der Waals surface area contributed by atoms with Gasteiger partial charge in [-0.15, -0.1) is 11.3 Å². The molecular weight excluding hydrogens is 360 g/mol. The van der Waals surface area contributed by atoms with Crippen molar-refractivity contribution in [3.63, 3.8) is 0 Å². The molecule has 0 unspecified atom stereocenters. The summed E-state index contributed by atoms with van der Waals surface area (Å²) in [5, 5.41) is 0.956. The van der Waals surface area contributed by atoms with Crippen molar-refractivity contribution in [2.24, 2.45) is 0 Å². The Kier molecular flexibility index (Phi) is 5.25. The van der Waals surface area contributed by atoms with Crippen molar-refractivity contribution < 1.29 is 9.53 Å². The van der Waals surface area contributed by atoms with Crippen LogP contribution in [-0.4, -0.2) is 64.6 Å². The third-order valence-corrected chi connectivity index (χ3v) is 6.83. The van der Waals surface area contributed by atoms with E-state index in [4.69, 9.17) is 4.74 Å². The number of rotatable bonds is 4. The Morgan fingerprint density at radius 2 is 1.93 bits per heavy atom. The van der Waals surface area contributed by atoms with E-state index >= 15 is 0 Å². The second kappa shape index (κ2) is 7.66. The minimum atomic E-state index is 0.139. The Labute approximate surface area is 164 Å². The van der Waals surface area contributed by atoms with E-state index in [2.05, 4.69) is 27.0 Å². The first-order chi connectivity index (χ1) is 13.1. The number of thiazole rings is 1. The highest BCUT2D eigenvalue weighted by molar-refractivity contribution is 7.13. The quantitative estimate of drug-likeness (QED) is 0.809. The molecule has 6 nitrogen and oxygen atoms in total. The van der Waals surface area contributed by atoms with Gasteiger partial charge in [-0.2, -0.15) is 0 Å². The summed E-state index contributed by atoms with van der Waals surface area (Å²) in [6, 6.07) is 4.94. The first-order valence-corrected chi connectivity index (χ1v) is 10.3. The first kappa shape index (κ1) is 18.5. The molecule has 0 N–H and O–H groups in total. The molecule has 7 heteroatoms. The second-order valence-corrected chi connectivity index (χ2v) is 8.57. The van der Waals surface area contributed by atoms with Gasteiger partial charge in [0.05, 0.1) is 22.8 Å². The van der Waals surface area contributed by atoms with Gasteiger partial charge >= 0.3 is 0 Å². The highest BCUT2D eigenvalue weighted by atomic mass is 32.1. The molecule has 2 aromatic rings. The Bertz CT molecular complexity index is 802. The van der Waals surface area contributed by atoms with Crippen LogP contribution in [0.5, 0.6) is 0 Å². The van der Waals surface area contributed by atoms with Crippen LogP contribution >= 0.6 is 11.3 Å². The molecule has 2 aromatic heterocycles. The summed E-state index contributed by atoms with van der Waals surface area (Å²) in [5.41, 5.74) is 2.12. The first-order valence-electron chi connectivity index (χ1n) is 9.50. The predicted octanol–water partition coefficient (Wildman–Crippen LogP) is 2.83. The lowest BCUT2D eigenvalue weighted by Gasteiger charge is -2.53. The summed E-state index contributed by atoms with van der Waals surface area (Å²) >= 11 is 1.50. The SMILES string of the molecule is CO[C@H]1CN(C2CCN(C(=O)c3sc(C)nc3C)CC2)[C@H]1c1ccncc1. The Hall–Kier alpha value is -1.83. The van der Waals surface area contributed by atoms with Crippen molar-refractivity contribution in [1.29, 1.82) is 0 Å². The summed E-state index contributed by atoms with van der Waals surface area (Å²) < 4.78 is 5.67. The molecule has 144 valence electrons. The summed E-state index contributed by atoms with van der Waals surface area (Å²) in [5.74, 6) is 0.139. The number of nitrogens with zero attached hydrogens (tertiary/aromatic N) is 4. The highest BCUT2D eigenvalue weighted by Gasteiger charge is 2.44. The number of pyridine rings is 1. The summed E-state index contributed by atoms with van der Waals surface area (Å²) in [4.78, 5) is 26.7. The number of aromatic nitrogens is 2. The van der Waals surface area contributed by atoms with Crippen molar-refractivity contribution >= 4 is 17.2 Å². The number of hydrogen-bond donors (Lipinski definition) is 0. The largest absolute Gasteiger partial charge is 0.378 e. The lowest BCUT2D eigenvalue weighted by molar-refractivity contribution is -0.115. The molecule has 0 bridgehead atoms. The lowest BCUT2D eigenvalue weighted by atomic mass is 9.87. The molecule has 0 spiro atoms. The van der Waals surface area contributed by atoms with Crippen molar-refractivity contribution in [1.82, 2.24) is 19.8 Å². The molecule has 4 heterocycles. The zero-order valence-corrected chi connectivity index (χ0v) is 16.9.